The molecule has 0 unspecified atom stereocenters. The van der Waals surface area contributed by atoms with Crippen LogP contribution in [0.25, 0.3) is 0 Å². The number of Topliss-reactive ketones (excluding diaryl/α,β-unsaturated/α-hetero) is 3. The maximum absolute atomic E-state index is 11.6. The Balaban J connectivity index is 2.21. The average Bonchev–Trinajstić information content (AvgIpc) is 2.97. The fourth-order valence-electron chi connectivity index (χ4n) is 1.14. The van der Waals surface area contributed by atoms with E-state index in [0.29, 0.717) is 9.75 Å². The molecule has 0 saturated heterocycles. The van der Waals surface area contributed by atoms with Crippen LogP contribution >= 0.6 is 22.7 Å². The third-order valence-electron chi connectivity index (χ3n) is 1.90. The van der Waals surface area contributed by atoms with E-state index >= 15 is 0 Å². The van der Waals surface area contributed by atoms with Crippen LogP contribution in [0.5, 0.6) is 0 Å². The van der Waals surface area contributed by atoms with Crippen molar-refractivity contribution in [3.63, 3.8) is 0 Å². The van der Waals surface area contributed by atoms with Gasteiger partial charge in [0.1, 0.15) is 0 Å². The molecule has 0 aliphatic carbocycles. The van der Waals surface area contributed by atoms with Crippen molar-refractivity contribution in [3.8, 4) is 0 Å². The van der Waals surface area contributed by atoms with Gasteiger partial charge < -0.3 is 0 Å². The van der Waals surface area contributed by atoms with E-state index in [1.165, 1.54) is 12.1 Å². The van der Waals surface area contributed by atoms with Gasteiger partial charge in [-0.1, -0.05) is 12.1 Å². The predicted molar refractivity (Wildman–Crippen MR) is 62.3 cm³/mol. The Labute approximate surface area is 99.3 Å². The van der Waals surface area contributed by atoms with E-state index in [2.05, 4.69) is 0 Å². The number of hydrogen-bond donors (Lipinski definition) is 0. The average molecular weight is 250 g/mol. The first-order valence-electron chi connectivity index (χ1n) is 4.40. The molecule has 0 amide bonds. The highest BCUT2D eigenvalue weighted by Gasteiger charge is 2.26. The summed E-state index contributed by atoms with van der Waals surface area (Å²) < 4.78 is 0. The monoisotopic (exact) mass is 250 g/mol. The van der Waals surface area contributed by atoms with Gasteiger partial charge in [-0.15, -0.1) is 22.7 Å². The molecular weight excluding hydrogens is 244 g/mol. The Morgan fingerprint density at radius 2 is 1.25 bits per heavy atom. The number of rotatable bonds is 4. The lowest BCUT2D eigenvalue weighted by Gasteiger charge is -1.94. The second-order valence-corrected chi connectivity index (χ2v) is 4.84. The fourth-order valence-corrected chi connectivity index (χ4v) is 2.46. The second-order valence-electron chi connectivity index (χ2n) is 2.94. The standard InChI is InChI=1S/C11H6O3S2/c12-9(7-3-1-5-15-7)11(14)10(13)8-4-2-6-16-8/h1-6H. The van der Waals surface area contributed by atoms with Crippen molar-refractivity contribution in [2.24, 2.45) is 0 Å². The summed E-state index contributed by atoms with van der Waals surface area (Å²) >= 11 is 2.31. The van der Waals surface area contributed by atoms with Gasteiger partial charge >= 0.3 is 0 Å². The van der Waals surface area contributed by atoms with E-state index in [9.17, 15) is 14.4 Å². The van der Waals surface area contributed by atoms with Gasteiger partial charge in [-0.05, 0) is 22.9 Å². The summed E-state index contributed by atoms with van der Waals surface area (Å²) in [5, 5.41) is 3.38. The molecule has 3 nitrogen and oxygen atoms in total. The lowest BCUT2D eigenvalue weighted by Crippen LogP contribution is -2.22. The molecular formula is C11H6O3S2. The molecule has 2 aromatic heterocycles. The first-order chi connectivity index (χ1) is 7.70. The quantitative estimate of drug-likeness (QED) is 0.476. The van der Waals surface area contributed by atoms with Crippen molar-refractivity contribution in [2.75, 3.05) is 0 Å². The van der Waals surface area contributed by atoms with Gasteiger partial charge in [0, 0.05) is 0 Å². The molecule has 16 heavy (non-hydrogen) atoms. The van der Waals surface area contributed by atoms with Gasteiger partial charge in [0.05, 0.1) is 9.75 Å². The highest BCUT2D eigenvalue weighted by molar-refractivity contribution is 7.15. The summed E-state index contributed by atoms with van der Waals surface area (Å²) in [6, 6.07) is 6.40. The molecule has 0 fully saturated rings. The number of thiophene rings is 2. The van der Waals surface area contributed by atoms with Crippen molar-refractivity contribution >= 4 is 40.0 Å². The minimum Gasteiger partial charge on any atom is -0.284 e. The van der Waals surface area contributed by atoms with Gasteiger partial charge in [0.25, 0.3) is 5.78 Å². The highest BCUT2D eigenvalue weighted by Crippen LogP contribution is 2.14. The molecule has 2 heterocycles. The summed E-state index contributed by atoms with van der Waals surface area (Å²) in [5.41, 5.74) is 0. The SMILES string of the molecule is O=C(C(=O)c1cccs1)C(=O)c1cccs1. The van der Waals surface area contributed by atoms with Crippen molar-refractivity contribution in [1.29, 1.82) is 0 Å². The summed E-state index contributed by atoms with van der Waals surface area (Å²) in [5.74, 6) is -2.42. The van der Waals surface area contributed by atoms with Crippen LogP contribution in [0, 0.1) is 0 Å². The van der Waals surface area contributed by atoms with Crippen LogP contribution in [0.15, 0.2) is 35.0 Å². The Kier molecular flexibility index (Phi) is 3.07. The van der Waals surface area contributed by atoms with Gasteiger partial charge in [-0.25, -0.2) is 0 Å². The topological polar surface area (TPSA) is 51.2 Å². The third-order valence-corrected chi connectivity index (χ3v) is 3.64. The first kappa shape index (κ1) is 10.9. The van der Waals surface area contributed by atoms with Crippen LogP contribution in [0.4, 0.5) is 0 Å². The van der Waals surface area contributed by atoms with Crippen LogP contribution in [0.1, 0.15) is 19.3 Å². The van der Waals surface area contributed by atoms with E-state index in [1.54, 1.807) is 22.9 Å². The van der Waals surface area contributed by atoms with Crippen molar-refractivity contribution < 1.29 is 14.4 Å². The zero-order chi connectivity index (χ0) is 11.5. The lowest BCUT2D eigenvalue weighted by molar-refractivity contribution is -0.111. The number of carbonyl (C=O) groups is 3. The van der Waals surface area contributed by atoms with Gasteiger partial charge in [0.15, 0.2) is 0 Å². The fraction of sp³-hybridized carbons (Fsp3) is 0. The molecule has 0 spiro atoms. The van der Waals surface area contributed by atoms with Crippen molar-refractivity contribution in [3.05, 3.63) is 44.8 Å². The van der Waals surface area contributed by atoms with Crippen molar-refractivity contribution in [1.82, 2.24) is 0 Å². The zero-order valence-corrected chi connectivity index (χ0v) is 9.64. The maximum atomic E-state index is 11.6. The molecule has 5 heteroatoms. The Hall–Kier alpha value is -1.59. The molecule has 0 radical (unpaired) electrons. The maximum Gasteiger partial charge on any atom is 0.275 e. The molecule has 0 aliphatic rings. The largest absolute Gasteiger partial charge is 0.284 e. The van der Waals surface area contributed by atoms with Crippen LogP contribution in [0.3, 0.4) is 0 Å². The van der Waals surface area contributed by atoms with Crippen LogP contribution in [-0.4, -0.2) is 17.3 Å². The lowest BCUT2D eigenvalue weighted by atomic mass is 10.1. The molecule has 80 valence electrons. The van der Waals surface area contributed by atoms with Crippen LogP contribution < -0.4 is 0 Å². The summed E-state index contributed by atoms with van der Waals surface area (Å²) in [6.45, 7) is 0. The first-order valence-corrected chi connectivity index (χ1v) is 6.16. The van der Waals surface area contributed by atoms with Crippen molar-refractivity contribution in [2.45, 2.75) is 0 Å². The molecule has 0 aromatic carbocycles. The number of carbonyl (C=O) groups excluding carboxylic acids is 3. The third kappa shape index (κ3) is 2.00. The predicted octanol–water partition coefficient (Wildman–Crippen LogP) is 2.44. The van der Waals surface area contributed by atoms with E-state index in [4.69, 9.17) is 0 Å². The molecule has 2 rings (SSSR count). The Morgan fingerprint density at radius 1 is 0.812 bits per heavy atom. The highest BCUT2D eigenvalue weighted by atomic mass is 32.1. The zero-order valence-electron chi connectivity index (χ0n) is 8.01. The molecule has 0 atom stereocenters. The van der Waals surface area contributed by atoms with Crippen LogP contribution in [-0.2, 0) is 4.79 Å². The van der Waals surface area contributed by atoms with E-state index < -0.39 is 17.3 Å². The Morgan fingerprint density at radius 3 is 1.56 bits per heavy atom. The second kappa shape index (κ2) is 4.51. The minimum absolute atomic E-state index is 0.301. The Bertz CT molecular complexity index is 475. The smallest absolute Gasteiger partial charge is 0.275 e. The minimum atomic E-state index is -0.968. The normalized spacial score (nSPS) is 10.0. The molecule has 0 bridgehead atoms. The molecule has 2 aromatic rings. The number of ketones is 3. The summed E-state index contributed by atoms with van der Waals surface area (Å²) in [7, 11) is 0. The van der Waals surface area contributed by atoms with Gasteiger partial charge in [0.2, 0.25) is 11.6 Å². The summed E-state index contributed by atoms with van der Waals surface area (Å²) in [4.78, 5) is 35.3. The van der Waals surface area contributed by atoms with Gasteiger partial charge in [-0.3, -0.25) is 14.4 Å². The molecule has 0 saturated carbocycles. The molecule has 0 aliphatic heterocycles. The van der Waals surface area contributed by atoms with Crippen LogP contribution in [0.2, 0.25) is 0 Å². The van der Waals surface area contributed by atoms with Gasteiger partial charge in [-0.2, -0.15) is 0 Å². The van der Waals surface area contributed by atoms with E-state index in [1.807, 2.05) is 0 Å². The van der Waals surface area contributed by atoms with E-state index in [-0.39, 0.29) is 0 Å². The van der Waals surface area contributed by atoms with E-state index in [0.717, 1.165) is 22.7 Å². The summed E-state index contributed by atoms with van der Waals surface area (Å²) in [6.07, 6.45) is 0. The number of hydrogen-bond acceptors (Lipinski definition) is 5. The molecule has 0 N–H and O–H groups in total.